The summed E-state index contributed by atoms with van der Waals surface area (Å²) in [6, 6.07) is 14.0. The number of aromatic nitrogens is 2. The van der Waals surface area contributed by atoms with Crippen LogP contribution in [-0.4, -0.2) is 47.6 Å². The lowest BCUT2D eigenvalue weighted by Gasteiger charge is -2.20. The first-order valence-corrected chi connectivity index (χ1v) is 11.8. The molecule has 0 aliphatic carbocycles. The topological polar surface area (TPSA) is 79.5 Å². The number of H-pyrrole nitrogens is 1. The van der Waals surface area contributed by atoms with Crippen molar-refractivity contribution in [2.45, 2.75) is 20.4 Å². The van der Waals surface area contributed by atoms with Crippen molar-refractivity contribution in [3.63, 3.8) is 0 Å². The van der Waals surface area contributed by atoms with Crippen LogP contribution in [0.3, 0.4) is 0 Å². The van der Waals surface area contributed by atoms with Crippen LogP contribution in [0.25, 0.3) is 22.2 Å². The highest BCUT2D eigenvalue weighted by Gasteiger charge is 2.15. The average molecular weight is 465 g/mol. The Morgan fingerprint density at radius 3 is 2.82 bits per heavy atom. The molecule has 172 valence electrons. The highest BCUT2D eigenvalue weighted by atomic mass is 32.1. The first-order valence-electron chi connectivity index (χ1n) is 10.9. The molecule has 4 rings (SSSR count). The molecule has 0 bridgehead atoms. The van der Waals surface area contributed by atoms with Crippen molar-refractivity contribution in [3.05, 3.63) is 59.6 Å². The summed E-state index contributed by atoms with van der Waals surface area (Å²) in [6.45, 7) is 6.20. The third kappa shape index (κ3) is 5.35. The van der Waals surface area contributed by atoms with Gasteiger partial charge in [-0.25, -0.2) is 4.98 Å². The Morgan fingerprint density at radius 1 is 1.18 bits per heavy atom. The smallest absolute Gasteiger partial charge is 0.240 e. The van der Waals surface area contributed by atoms with Crippen LogP contribution >= 0.6 is 11.3 Å². The zero-order valence-corrected chi connectivity index (χ0v) is 19.9. The summed E-state index contributed by atoms with van der Waals surface area (Å²) in [5.74, 6) is 1.33. The number of fused-ring (bicyclic) bond motifs is 1. The first kappa shape index (κ1) is 22.8. The summed E-state index contributed by atoms with van der Waals surface area (Å²) in [7, 11) is 1.63. The lowest BCUT2D eigenvalue weighted by atomic mass is 10.1. The number of benzene rings is 2. The molecule has 0 spiro atoms. The van der Waals surface area contributed by atoms with Gasteiger partial charge in [0.15, 0.2) is 16.6 Å². The quantitative estimate of drug-likeness (QED) is 0.339. The molecular weight excluding hydrogens is 436 g/mol. The molecule has 8 heteroatoms. The number of hydrogen-bond acceptors (Lipinski definition) is 6. The molecule has 2 aromatic heterocycles. The van der Waals surface area contributed by atoms with Gasteiger partial charge in [0.25, 0.3) is 0 Å². The number of nitrogens with zero attached hydrogens (tertiary/aromatic N) is 2. The lowest BCUT2D eigenvalue weighted by molar-refractivity contribution is -0.117. The summed E-state index contributed by atoms with van der Waals surface area (Å²) in [5.41, 5.74) is 4.00. The minimum absolute atomic E-state index is 0.0884. The monoisotopic (exact) mass is 464 g/mol. The number of rotatable bonds is 10. The maximum absolute atomic E-state index is 12.7. The number of hydrogen-bond donors (Lipinski definition) is 2. The van der Waals surface area contributed by atoms with Gasteiger partial charge >= 0.3 is 0 Å². The van der Waals surface area contributed by atoms with Gasteiger partial charge in [-0.05, 0) is 37.2 Å². The van der Waals surface area contributed by atoms with Crippen molar-refractivity contribution in [3.8, 4) is 22.8 Å². The number of anilines is 1. The van der Waals surface area contributed by atoms with E-state index in [-0.39, 0.29) is 12.5 Å². The minimum Gasteiger partial charge on any atom is -0.493 e. The van der Waals surface area contributed by atoms with E-state index in [2.05, 4.69) is 26.3 Å². The fourth-order valence-electron chi connectivity index (χ4n) is 3.72. The third-order valence-electron chi connectivity index (χ3n) is 5.36. The van der Waals surface area contributed by atoms with Gasteiger partial charge in [-0.1, -0.05) is 31.2 Å². The number of thiazole rings is 1. The van der Waals surface area contributed by atoms with E-state index in [1.807, 2.05) is 61.8 Å². The van der Waals surface area contributed by atoms with Gasteiger partial charge in [0.1, 0.15) is 0 Å². The van der Waals surface area contributed by atoms with E-state index in [0.29, 0.717) is 24.0 Å². The highest BCUT2D eigenvalue weighted by molar-refractivity contribution is 7.14. The molecule has 0 aliphatic rings. The van der Waals surface area contributed by atoms with Gasteiger partial charge in [-0.3, -0.25) is 9.69 Å². The Bertz CT molecular complexity index is 1230. The van der Waals surface area contributed by atoms with E-state index in [9.17, 15) is 4.79 Å². The molecule has 0 saturated heterocycles. The summed E-state index contributed by atoms with van der Waals surface area (Å²) in [6.07, 6.45) is 1.95. The number of aromatic amines is 1. The summed E-state index contributed by atoms with van der Waals surface area (Å²) in [4.78, 5) is 22.7. The van der Waals surface area contributed by atoms with Crippen molar-refractivity contribution in [1.82, 2.24) is 14.9 Å². The molecule has 0 saturated carbocycles. The first-order chi connectivity index (χ1) is 16.1. The molecule has 0 aliphatic heterocycles. The molecule has 7 nitrogen and oxygen atoms in total. The van der Waals surface area contributed by atoms with Crippen molar-refractivity contribution in [1.29, 1.82) is 0 Å². The molecule has 0 fully saturated rings. The molecule has 33 heavy (non-hydrogen) atoms. The van der Waals surface area contributed by atoms with Gasteiger partial charge in [-0.15, -0.1) is 11.3 Å². The van der Waals surface area contributed by atoms with Gasteiger partial charge in [-0.2, -0.15) is 0 Å². The Kier molecular flexibility index (Phi) is 7.26. The van der Waals surface area contributed by atoms with E-state index in [0.717, 1.165) is 40.0 Å². The van der Waals surface area contributed by atoms with Crippen LogP contribution in [0.5, 0.6) is 11.5 Å². The van der Waals surface area contributed by atoms with E-state index in [1.165, 1.54) is 11.3 Å². The fourth-order valence-corrected chi connectivity index (χ4v) is 4.45. The maximum atomic E-state index is 12.7. The van der Waals surface area contributed by atoms with Gasteiger partial charge in [0, 0.05) is 34.6 Å². The van der Waals surface area contributed by atoms with Crippen LogP contribution in [0.1, 0.15) is 19.4 Å². The Labute approximate surface area is 197 Å². The van der Waals surface area contributed by atoms with E-state index in [1.54, 1.807) is 7.11 Å². The van der Waals surface area contributed by atoms with Crippen LogP contribution in [0, 0.1) is 0 Å². The number of nitrogens with one attached hydrogen (secondary N) is 2. The van der Waals surface area contributed by atoms with Crippen LogP contribution in [-0.2, 0) is 11.3 Å². The molecule has 2 aromatic carbocycles. The number of methoxy groups -OCH3 is 1. The fraction of sp³-hybridized carbons (Fsp3) is 0.280. The summed E-state index contributed by atoms with van der Waals surface area (Å²) >= 11 is 1.43. The number of likely N-dealkylation sites (N-methyl/N-ethyl adjacent to an activating group) is 1. The van der Waals surface area contributed by atoms with E-state index >= 15 is 0 Å². The normalized spacial score (nSPS) is 11.2. The second kappa shape index (κ2) is 10.5. The Morgan fingerprint density at radius 2 is 2.03 bits per heavy atom. The van der Waals surface area contributed by atoms with Crippen molar-refractivity contribution in [2.75, 3.05) is 32.1 Å². The molecule has 4 aromatic rings. The number of para-hydroxylation sites is 1. The average Bonchev–Trinajstić information content (AvgIpc) is 3.46. The second-order valence-electron chi connectivity index (χ2n) is 7.56. The number of carbonyl (C=O) groups is 1. The second-order valence-corrected chi connectivity index (χ2v) is 8.41. The van der Waals surface area contributed by atoms with Gasteiger partial charge in [0.05, 0.1) is 26.0 Å². The predicted octanol–water partition coefficient (Wildman–Crippen LogP) is 5.16. The predicted molar refractivity (Wildman–Crippen MR) is 133 cm³/mol. The third-order valence-corrected chi connectivity index (χ3v) is 6.12. The largest absolute Gasteiger partial charge is 0.493 e. The zero-order chi connectivity index (χ0) is 23.2. The Hall–Kier alpha value is -3.36. The zero-order valence-electron chi connectivity index (χ0n) is 19.1. The standard InChI is InChI=1S/C25H28N4O3S/c1-4-29(14-17-10-11-22(32-5-2)23(12-17)31-3)15-24(30)28-25-27-21(16-33-25)19-13-26-20-9-7-6-8-18(19)20/h6-13,16,26H,4-5,14-15H2,1-3H3,(H,27,28,30). The molecule has 0 radical (unpaired) electrons. The minimum atomic E-state index is -0.0884. The molecule has 0 unspecified atom stereocenters. The molecule has 2 N–H and O–H groups in total. The van der Waals surface area contributed by atoms with Crippen molar-refractivity contribution in [2.24, 2.45) is 0 Å². The summed E-state index contributed by atoms with van der Waals surface area (Å²) in [5, 5.41) is 6.62. The van der Waals surface area contributed by atoms with E-state index in [4.69, 9.17) is 9.47 Å². The molecule has 2 heterocycles. The van der Waals surface area contributed by atoms with Crippen LogP contribution < -0.4 is 14.8 Å². The highest BCUT2D eigenvalue weighted by Crippen LogP contribution is 2.31. The number of ether oxygens (including phenoxy) is 2. The van der Waals surface area contributed by atoms with Crippen LogP contribution in [0.15, 0.2) is 54.0 Å². The molecule has 0 atom stereocenters. The Balaban J connectivity index is 1.39. The van der Waals surface area contributed by atoms with Crippen molar-refractivity contribution < 1.29 is 14.3 Å². The molecule has 1 amide bonds. The SMILES string of the molecule is CCOc1ccc(CN(CC)CC(=O)Nc2nc(-c3c[nH]c4ccccc34)cs2)cc1OC. The van der Waals surface area contributed by atoms with Crippen LogP contribution in [0.4, 0.5) is 5.13 Å². The lowest BCUT2D eigenvalue weighted by Crippen LogP contribution is -2.32. The van der Waals surface area contributed by atoms with Gasteiger partial charge < -0.3 is 19.8 Å². The van der Waals surface area contributed by atoms with Crippen LogP contribution in [0.2, 0.25) is 0 Å². The molecular formula is C25H28N4O3S. The number of carbonyl (C=O) groups excluding carboxylic acids is 1. The van der Waals surface area contributed by atoms with Crippen molar-refractivity contribution >= 4 is 33.3 Å². The van der Waals surface area contributed by atoms with E-state index < -0.39 is 0 Å². The summed E-state index contributed by atoms with van der Waals surface area (Å²) < 4.78 is 11.0. The van der Waals surface area contributed by atoms with Gasteiger partial charge in [0.2, 0.25) is 5.91 Å². The number of amides is 1. The maximum Gasteiger partial charge on any atom is 0.240 e.